The first-order valence-corrected chi connectivity index (χ1v) is 7.66. The molecule has 3 nitrogen and oxygen atoms in total. The van der Waals surface area contributed by atoms with Crippen molar-refractivity contribution in [2.24, 2.45) is 0 Å². The zero-order valence-corrected chi connectivity index (χ0v) is 11.5. The first kappa shape index (κ1) is 13.4. The van der Waals surface area contributed by atoms with Gasteiger partial charge in [-0.2, -0.15) is 11.8 Å². The molecule has 4 heteroatoms. The number of carbonyl (C=O) groups excluding carboxylic acids is 1. The standard InChI is InChI=1S/C14H19NO2S/c1-18-10-11-4-6-12(7-5-11)14(16)15-9-13-3-2-8-17-13/h4-7,13H,2-3,8-10H2,1H3,(H,15,16)/t13-/m1/s1. The fourth-order valence-corrected chi connectivity index (χ4v) is 2.56. The van der Waals surface area contributed by atoms with Gasteiger partial charge in [-0.15, -0.1) is 0 Å². The average Bonchev–Trinajstić information content (AvgIpc) is 2.90. The van der Waals surface area contributed by atoms with Crippen LogP contribution in [-0.2, 0) is 10.5 Å². The lowest BCUT2D eigenvalue weighted by Gasteiger charge is -2.10. The predicted molar refractivity (Wildman–Crippen MR) is 75.0 cm³/mol. The Morgan fingerprint density at radius 3 is 2.83 bits per heavy atom. The molecule has 0 unspecified atom stereocenters. The molecule has 1 aliphatic rings. The van der Waals surface area contributed by atoms with Crippen molar-refractivity contribution in [2.75, 3.05) is 19.4 Å². The fourth-order valence-electron chi connectivity index (χ4n) is 2.03. The van der Waals surface area contributed by atoms with Crippen LogP contribution in [0.15, 0.2) is 24.3 Å². The second kappa shape index (κ2) is 6.81. The number of carbonyl (C=O) groups is 1. The Labute approximate surface area is 112 Å². The van der Waals surface area contributed by atoms with Crippen molar-refractivity contribution in [2.45, 2.75) is 24.7 Å². The molecule has 1 atom stereocenters. The Hall–Kier alpha value is -1.00. The van der Waals surface area contributed by atoms with Crippen LogP contribution in [0.2, 0.25) is 0 Å². The van der Waals surface area contributed by atoms with E-state index in [0.717, 1.165) is 30.8 Å². The number of benzene rings is 1. The highest BCUT2D eigenvalue weighted by atomic mass is 32.2. The summed E-state index contributed by atoms with van der Waals surface area (Å²) in [5.41, 5.74) is 1.97. The van der Waals surface area contributed by atoms with Crippen molar-refractivity contribution in [1.29, 1.82) is 0 Å². The monoisotopic (exact) mass is 265 g/mol. The van der Waals surface area contributed by atoms with Crippen LogP contribution in [0.5, 0.6) is 0 Å². The fraction of sp³-hybridized carbons (Fsp3) is 0.500. The van der Waals surface area contributed by atoms with E-state index in [1.165, 1.54) is 5.56 Å². The summed E-state index contributed by atoms with van der Waals surface area (Å²) < 4.78 is 5.47. The molecule has 0 saturated carbocycles. The number of hydrogen-bond donors (Lipinski definition) is 1. The Balaban J connectivity index is 1.83. The number of thioether (sulfide) groups is 1. The molecule has 2 rings (SSSR count). The molecular weight excluding hydrogens is 246 g/mol. The van der Waals surface area contributed by atoms with E-state index in [0.29, 0.717) is 6.54 Å². The molecule has 0 bridgehead atoms. The number of hydrogen-bond acceptors (Lipinski definition) is 3. The SMILES string of the molecule is CSCc1ccc(C(=O)NC[C@H]2CCCO2)cc1. The van der Waals surface area contributed by atoms with Gasteiger partial charge < -0.3 is 10.1 Å². The van der Waals surface area contributed by atoms with E-state index in [1.54, 1.807) is 11.8 Å². The summed E-state index contributed by atoms with van der Waals surface area (Å²) >= 11 is 1.78. The van der Waals surface area contributed by atoms with E-state index in [2.05, 4.69) is 11.6 Å². The van der Waals surface area contributed by atoms with E-state index in [1.807, 2.05) is 24.3 Å². The number of ether oxygens (including phenoxy) is 1. The van der Waals surface area contributed by atoms with Gasteiger partial charge in [0.2, 0.25) is 0 Å². The number of amides is 1. The molecule has 1 fully saturated rings. The molecule has 0 aromatic heterocycles. The summed E-state index contributed by atoms with van der Waals surface area (Å²) in [4.78, 5) is 11.9. The van der Waals surface area contributed by atoms with E-state index < -0.39 is 0 Å². The van der Waals surface area contributed by atoms with Gasteiger partial charge in [0, 0.05) is 24.5 Å². The lowest BCUT2D eigenvalue weighted by Crippen LogP contribution is -2.31. The minimum Gasteiger partial charge on any atom is -0.376 e. The second-order valence-electron chi connectivity index (χ2n) is 4.47. The normalized spacial score (nSPS) is 18.8. The van der Waals surface area contributed by atoms with Gasteiger partial charge in [-0.05, 0) is 36.8 Å². The first-order chi connectivity index (χ1) is 8.79. The highest BCUT2D eigenvalue weighted by Crippen LogP contribution is 2.12. The summed E-state index contributed by atoms with van der Waals surface area (Å²) in [6.45, 7) is 1.44. The zero-order valence-electron chi connectivity index (χ0n) is 10.6. The van der Waals surface area contributed by atoms with E-state index in [4.69, 9.17) is 4.74 Å². The van der Waals surface area contributed by atoms with Gasteiger partial charge in [0.25, 0.3) is 5.91 Å². The van der Waals surface area contributed by atoms with Crippen LogP contribution in [0.1, 0.15) is 28.8 Å². The van der Waals surface area contributed by atoms with Crippen LogP contribution >= 0.6 is 11.8 Å². The smallest absolute Gasteiger partial charge is 0.251 e. The average molecular weight is 265 g/mol. The molecule has 98 valence electrons. The Morgan fingerprint density at radius 1 is 1.44 bits per heavy atom. The summed E-state index contributed by atoms with van der Waals surface area (Å²) in [6, 6.07) is 7.79. The van der Waals surface area contributed by atoms with Crippen molar-refractivity contribution >= 4 is 17.7 Å². The van der Waals surface area contributed by atoms with E-state index in [9.17, 15) is 4.79 Å². The van der Waals surface area contributed by atoms with Crippen LogP contribution in [0, 0.1) is 0 Å². The Kier molecular flexibility index (Phi) is 5.08. The van der Waals surface area contributed by atoms with Crippen LogP contribution < -0.4 is 5.32 Å². The molecule has 0 spiro atoms. The molecule has 0 aliphatic carbocycles. The van der Waals surface area contributed by atoms with Crippen molar-refractivity contribution in [3.63, 3.8) is 0 Å². The molecule has 18 heavy (non-hydrogen) atoms. The Morgan fingerprint density at radius 2 is 2.22 bits per heavy atom. The van der Waals surface area contributed by atoms with Gasteiger partial charge in [-0.3, -0.25) is 4.79 Å². The maximum Gasteiger partial charge on any atom is 0.251 e. The van der Waals surface area contributed by atoms with E-state index >= 15 is 0 Å². The molecule has 0 radical (unpaired) electrons. The largest absolute Gasteiger partial charge is 0.376 e. The minimum absolute atomic E-state index is 0.0128. The van der Waals surface area contributed by atoms with Crippen molar-refractivity contribution in [3.8, 4) is 0 Å². The summed E-state index contributed by atoms with van der Waals surface area (Å²) in [6.07, 6.45) is 4.42. The van der Waals surface area contributed by atoms with Gasteiger partial charge in [0.05, 0.1) is 6.10 Å². The predicted octanol–water partition coefficient (Wildman–Crippen LogP) is 2.46. The lowest BCUT2D eigenvalue weighted by molar-refractivity contribution is 0.0858. The molecular formula is C14H19NO2S. The first-order valence-electron chi connectivity index (χ1n) is 6.27. The summed E-state index contributed by atoms with van der Waals surface area (Å²) in [7, 11) is 0. The molecule has 1 heterocycles. The van der Waals surface area contributed by atoms with Crippen LogP contribution in [0.3, 0.4) is 0 Å². The zero-order chi connectivity index (χ0) is 12.8. The third-order valence-corrected chi connectivity index (χ3v) is 3.66. The quantitative estimate of drug-likeness (QED) is 0.888. The van der Waals surface area contributed by atoms with Crippen molar-refractivity contribution < 1.29 is 9.53 Å². The van der Waals surface area contributed by atoms with Crippen molar-refractivity contribution in [1.82, 2.24) is 5.32 Å². The van der Waals surface area contributed by atoms with Gasteiger partial charge in [-0.25, -0.2) is 0 Å². The Bertz CT molecular complexity index is 385. The maximum atomic E-state index is 11.9. The maximum absolute atomic E-state index is 11.9. The third kappa shape index (κ3) is 3.75. The van der Waals surface area contributed by atoms with Gasteiger partial charge in [0.15, 0.2) is 0 Å². The van der Waals surface area contributed by atoms with Gasteiger partial charge in [0.1, 0.15) is 0 Å². The number of rotatable bonds is 5. The highest BCUT2D eigenvalue weighted by Gasteiger charge is 2.16. The van der Waals surface area contributed by atoms with Gasteiger partial charge >= 0.3 is 0 Å². The summed E-state index contributed by atoms with van der Waals surface area (Å²) in [5, 5.41) is 2.92. The number of nitrogens with one attached hydrogen (secondary N) is 1. The molecule has 1 amide bonds. The molecule has 1 aromatic rings. The topological polar surface area (TPSA) is 38.3 Å². The van der Waals surface area contributed by atoms with Crippen LogP contribution in [-0.4, -0.2) is 31.4 Å². The highest BCUT2D eigenvalue weighted by molar-refractivity contribution is 7.97. The molecule has 1 aliphatic heterocycles. The molecule has 1 saturated heterocycles. The molecule has 1 aromatic carbocycles. The van der Waals surface area contributed by atoms with Crippen molar-refractivity contribution in [3.05, 3.63) is 35.4 Å². The lowest BCUT2D eigenvalue weighted by atomic mass is 10.1. The third-order valence-electron chi connectivity index (χ3n) is 3.04. The molecule has 1 N–H and O–H groups in total. The van der Waals surface area contributed by atoms with Crippen LogP contribution in [0.4, 0.5) is 0 Å². The van der Waals surface area contributed by atoms with E-state index in [-0.39, 0.29) is 12.0 Å². The van der Waals surface area contributed by atoms with Crippen LogP contribution in [0.25, 0.3) is 0 Å². The summed E-state index contributed by atoms with van der Waals surface area (Å²) in [5.74, 6) is 0.971. The minimum atomic E-state index is -0.0128. The second-order valence-corrected chi connectivity index (χ2v) is 5.34. The van der Waals surface area contributed by atoms with Gasteiger partial charge in [-0.1, -0.05) is 12.1 Å².